The van der Waals surface area contributed by atoms with Crippen molar-refractivity contribution in [3.63, 3.8) is 0 Å². The zero-order valence-corrected chi connectivity index (χ0v) is 11.5. The standard InChI is InChI=1S/C13H21F2NO3/c1-4-19-12(18)13(14,15)11(17)16-10-6-5-8(2)9(3)7-10/h8-10H,4-7H2,1-3H3,(H,16,17). The number of amides is 1. The van der Waals surface area contributed by atoms with Crippen LogP contribution in [0, 0.1) is 11.8 Å². The molecule has 0 aromatic heterocycles. The van der Waals surface area contributed by atoms with Crippen molar-refractivity contribution < 1.29 is 23.1 Å². The van der Waals surface area contributed by atoms with Gasteiger partial charge in [0.1, 0.15) is 0 Å². The monoisotopic (exact) mass is 277 g/mol. The molecular weight excluding hydrogens is 256 g/mol. The molecule has 110 valence electrons. The van der Waals surface area contributed by atoms with Crippen LogP contribution in [0.5, 0.6) is 0 Å². The van der Waals surface area contributed by atoms with Gasteiger partial charge in [-0.1, -0.05) is 13.8 Å². The fraction of sp³-hybridized carbons (Fsp3) is 0.846. The van der Waals surface area contributed by atoms with E-state index in [1.807, 2.05) is 6.92 Å². The lowest BCUT2D eigenvalue weighted by molar-refractivity contribution is -0.177. The Balaban J connectivity index is 2.57. The van der Waals surface area contributed by atoms with E-state index in [4.69, 9.17) is 0 Å². The maximum atomic E-state index is 13.4. The van der Waals surface area contributed by atoms with Crippen molar-refractivity contribution in [3.8, 4) is 0 Å². The molecule has 1 amide bonds. The van der Waals surface area contributed by atoms with Crippen LogP contribution in [0.1, 0.15) is 40.0 Å². The molecule has 1 fully saturated rings. The van der Waals surface area contributed by atoms with Crippen LogP contribution in [0.2, 0.25) is 0 Å². The Hall–Kier alpha value is -1.20. The Morgan fingerprint density at radius 2 is 1.89 bits per heavy atom. The van der Waals surface area contributed by atoms with Gasteiger partial charge >= 0.3 is 17.8 Å². The molecule has 3 atom stereocenters. The maximum Gasteiger partial charge on any atom is 0.418 e. The normalized spacial score (nSPS) is 27.7. The molecule has 1 saturated carbocycles. The highest BCUT2D eigenvalue weighted by Crippen LogP contribution is 2.29. The first-order valence-corrected chi connectivity index (χ1v) is 6.65. The molecule has 0 saturated heterocycles. The molecule has 1 rings (SSSR count). The number of halogens is 2. The summed E-state index contributed by atoms with van der Waals surface area (Å²) in [6.07, 6.45) is 2.21. The summed E-state index contributed by atoms with van der Waals surface area (Å²) in [6.45, 7) is 5.37. The third-order valence-corrected chi connectivity index (χ3v) is 3.75. The van der Waals surface area contributed by atoms with Crippen molar-refractivity contribution >= 4 is 11.9 Å². The molecule has 19 heavy (non-hydrogen) atoms. The van der Waals surface area contributed by atoms with Crippen molar-refractivity contribution in [3.05, 3.63) is 0 Å². The topological polar surface area (TPSA) is 55.4 Å². The third kappa shape index (κ3) is 3.88. The molecule has 4 nitrogen and oxygen atoms in total. The predicted octanol–water partition coefficient (Wildman–Crippen LogP) is 2.13. The second-order valence-electron chi connectivity index (χ2n) is 5.23. The largest absolute Gasteiger partial charge is 0.461 e. The lowest BCUT2D eigenvalue weighted by Gasteiger charge is -2.33. The average Bonchev–Trinajstić information content (AvgIpc) is 2.34. The van der Waals surface area contributed by atoms with Crippen molar-refractivity contribution in [2.45, 2.75) is 52.0 Å². The van der Waals surface area contributed by atoms with Gasteiger partial charge in [-0.05, 0) is 38.0 Å². The number of esters is 1. The smallest absolute Gasteiger partial charge is 0.418 e. The lowest BCUT2D eigenvalue weighted by atomic mass is 9.79. The number of hydrogen-bond acceptors (Lipinski definition) is 3. The number of carbonyl (C=O) groups is 2. The molecule has 3 unspecified atom stereocenters. The summed E-state index contributed by atoms with van der Waals surface area (Å²) >= 11 is 0. The Bertz CT molecular complexity index is 347. The van der Waals surface area contributed by atoms with Gasteiger partial charge in [-0.15, -0.1) is 0 Å². The Kier molecular flexibility index (Phi) is 5.26. The minimum atomic E-state index is -4.11. The van der Waals surface area contributed by atoms with Crippen molar-refractivity contribution in [1.82, 2.24) is 5.32 Å². The van der Waals surface area contributed by atoms with Crippen molar-refractivity contribution in [2.24, 2.45) is 11.8 Å². The first kappa shape index (κ1) is 15.9. The molecule has 0 heterocycles. The summed E-state index contributed by atoms with van der Waals surface area (Å²) in [5.41, 5.74) is 0. The average molecular weight is 277 g/mol. The van der Waals surface area contributed by atoms with Crippen LogP contribution in [0.3, 0.4) is 0 Å². The molecule has 1 N–H and O–H groups in total. The number of hydrogen-bond donors (Lipinski definition) is 1. The molecule has 0 aliphatic heterocycles. The van der Waals surface area contributed by atoms with Gasteiger partial charge in [0, 0.05) is 6.04 Å². The molecule has 0 aromatic rings. The molecular formula is C13H21F2NO3. The van der Waals surface area contributed by atoms with Crippen LogP contribution in [0.25, 0.3) is 0 Å². The van der Waals surface area contributed by atoms with Gasteiger partial charge in [0.2, 0.25) is 0 Å². The van der Waals surface area contributed by atoms with Gasteiger partial charge in [-0.2, -0.15) is 8.78 Å². The summed E-state index contributed by atoms with van der Waals surface area (Å²) < 4.78 is 31.1. The van der Waals surface area contributed by atoms with Crippen LogP contribution in [-0.4, -0.2) is 30.4 Å². The zero-order chi connectivity index (χ0) is 14.6. The van der Waals surface area contributed by atoms with Gasteiger partial charge in [0.15, 0.2) is 0 Å². The fourth-order valence-electron chi connectivity index (χ4n) is 2.27. The minimum absolute atomic E-state index is 0.181. The highest BCUT2D eigenvalue weighted by Gasteiger charge is 2.49. The number of nitrogens with one attached hydrogen (secondary N) is 1. The van der Waals surface area contributed by atoms with E-state index in [0.717, 1.165) is 6.42 Å². The van der Waals surface area contributed by atoms with E-state index in [2.05, 4.69) is 17.0 Å². The zero-order valence-electron chi connectivity index (χ0n) is 11.5. The van der Waals surface area contributed by atoms with E-state index >= 15 is 0 Å². The molecule has 0 aromatic carbocycles. The summed E-state index contributed by atoms with van der Waals surface area (Å²) in [7, 11) is 0. The summed E-state index contributed by atoms with van der Waals surface area (Å²) in [5.74, 6) is -6.56. The number of ether oxygens (including phenoxy) is 1. The lowest BCUT2D eigenvalue weighted by Crippen LogP contribution is -2.51. The fourth-order valence-corrected chi connectivity index (χ4v) is 2.27. The Labute approximate surface area is 111 Å². The van der Waals surface area contributed by atoms with Gasteiger partial charge in [-0.25, -0.2) is 4.79 Å². The first-order chi connectivity index (χ1) is 8.78. The van der Waals surface area contributed by atoms with Crippen LogP contribution in [-0.2, 0) is 14.3 Å². The van der Waals surface area contributed by atoms with E-state index < -0.39 is 17.8 Å². The van der Waals surface area contributed by atoms with E-state index in [1.54, 1.807) is 0 Å². The number of rotatable bonds is 4. The van der Waals surface area contributed by atoms with E-state index in [0.29, 0.717) is 24.7 Å². The number of alkyl halides is 2. The molecule has 0 bridgehead atoms. The molecule has 6 heteroatoms. The summed E-state index contributed by atoms with van der Waals surface area (Å²) in [6, 6.07) is -0.293. The predicted molar refractivity (Wildman–Crippen MR) is 65.7 cm³/mol. The van der Waals surface area contributed by atoms with Gasteiger partial charge in [-0.3, -0.25) is 4.79 Å². The Morgan fingerprint density at radius 3 is 2.42 bits per heavy atom. The van der Waals surface area contributed by atoms with Crippen LogP contribution in [0.15, 0.2) is 0 Å². The van der Waals surface area contributed by atoms with Crippen molar-refractivity contribution in [1.29, 1.82) is 0 Å². The first-order valence-electron chi connectivity index (χ1n) is 6.65. The summed E-state index contributed by atoms with van der Waals surface area (Å²) in [4.78, 5) is 22.5. The van der Waals surface area contributed by atoms with Gasteiger partial charge in [0.05, 0.1) is 6.61 Å². The molecule has 0 radical (unpaired) electrons. The number of carbonyl (C=O) groups excluding carboxylic acids is 2. The van der Waals surface area contributed by atoms with Crippen LogP contribution < -0.4 is 5.32 Å². The highest BCUT2D eigenvalue weighted by molar-refractivity contribution is 6.04. The SMILES string of the molecule is CCOC(=O)C(F)(F)C(=O)NC1CCC(C)C(C)C1. The second kappa shape index (κ2) is 6.30. The van der Waals surface area contributed by atoms with Crippen molar-refractivity contribution in [2.75, 3.05) is 6.61 Å². The van der Waals surface area contributed by atoms with Gasteiger partial charge in [0.25, 0.3) is 0 Å². The van der Waals surface area contributed by atoms with Gasteiger partial charge < -0.3 is 10.1 Å². The minimum Gasteiger partial charge on any atom is -0.461 e. The molecule has 0 spiro atoms. The summed E-state index contributed by atoms with van der Waals surface area (Å²) in [5, 5.41) is 2.26. The van der Waals surface area contributed by atoms with E-state index in [-0.39, 0.29) is 12.6 Å². The maximum absolute atomic E-state index is 13.4. The third-order valence-electron chi connectivity index (χ3n) is 3.75. The second-order valence-corrected chi connectivity index (χ2v) is 5.23. The van der Waals surface area contributed by atoms with Crippen LogP contribution in [0.4, 0.5) is 8.78 Å². The van der Waals surface area contributed by atoms with E-state index in [9.17, 15) is 18.4 Å². The molecule has 1 aliphatic carbocycles. The Morgan fingerprint density at radius 1 is 1.26 bits per heavy atom. The quantitative estimate of drug-likeness (QED) is 0.632. The molecule has 1 aliphatic rings. The van der Waals surface area contributed by atoms with Crippen LogP contribution >= 0.6 is 0 Å². The highest BCUT2D eigenvalue weighted by atomic mass is 19.3. The van der Waals surface area contributed by atoms with E-state index in [1.165, 1.54) is 6.92 Å².